The van der Waals surface area contributed by atoms with Gasteiger partial charge in [0.2, 0.25) is 0 Å². The molecule has 12 heavy (non-hydrogen) atoms. The van der Waals surface area contributed by atoms with Gasteiger partial charge in [0, 0.05) is 0 Å². The predicted octanol–water partition coefficient (Wildman–Crippen LogP) is 4.49. The van der Waals surface area contributed by atoms with Gasteiger partial charge in [-0.05, 0) is 30.6 Å². The van der Waals surface area contributed by atoms with E-state index in [0.29, 0.717) is 0 Å². The Hall–Kier alpha value is 0. The van der Waals surface area contributed by atoms with E-state index in [1.54, 1.807) is 0 Å². The summed E-state index contributed by atoms with van der Waals surface area (Å²) in [5, 5.41) is 0. The summed E-state index contributed by atoms with van der Waals surface area (Å²) in [7, 11) is 0. The first-order valence-electron chi connectivity index (χ1n) is 5.65. The van der Waals surface area contributed by atoms with Crippen LogP contribution < -0.4 is 0 Å². The van der Waals surface area contributed by atoms with Gasteiger partial charge in [0.15, 0.2) is 0 Å². The van der Waals surface area contributed by atoms with Crippen molar-refractivity contribution < 1.29 is 0 Å². The van der Waals surface area contributed by atoms with Crippen LogP contribution >= 0.6 is 0 Å². The molecule has 0 aromatic heterocycles. The highest BCUT2D eigenvalue weighted by Gasteiger charge is 2.26. The van der Waals surface area contributed by atoms with E-state index in [1.165, 1.54) is 25.7 Å². The van der Waals surface area contributed by atoms with E-state index in [-0.39, 0.29) is 0 Å². The predicted molar refractivity (Wildman–Crippen MR) is 57.3 cm³/mol. The largest absolute Gasteiger partial charge is 0.0656 e. The molecule has 2 unspecified atom stereocenters. The van der Waals surface area contributed by atoms with Crippen molar-refractivity contribution in [1.82, 2.24) is 0 Å². The van der Waals surface area contributed by atoms with Crippen LogP contribution in [0.2, 0.25) is 0 Å². The van der Waals surface area contributed by atoms with Gasteiger partial charge in [0.05, 0.1) is 0 Å². The maximum atomic E-state index is 2.39. The second kappa shape index (κ2) is 6.51. The third-order valence-corrected chi connectivity index (χ3v) is 2.96. The first-order valence-corrected chi connectivity index (χ1v) is 5.65. The maximum Gasteiger partial charge on any atom is -0.0412 e. The summed E-state index contributed by atoms with van der Waals surface area (Å²) in [5.41, 5.74) is 0. The fraction of sp³-hybridized carbons (Fsp3) is 1.00. The normalized spacial score (nSPS) is 34.2. The molecular formula is C12H26. The Morgan fingerprint density at radius 1 is 0.917 bits per heavy atom. The van der Waals surface area contributed by atoms with Crippen LogP contribution in [-0.2, 0) is 0 Å². The Morgan fingerprint density at radius 3 is 1.42 bits per heavy atom. The van der Waals surface area contributed by atoms with Crippen LogP contribution in [0.5, 0.6) is 0 Å². The lowest BCUT2D eigenvalue weighted by Crippen LogP contribution is -1.95. The summed E-state index contributed by atoms with van der Waals surface area (Å²) >= 11 is 0. The second-order valence-corrected chi connectivity index (χ2v) is 4.41. The number of rotatable bonds is 1. The zero-order valence-electron chi connectivity index (χ0n) is 9.56. The molecule has 0 aromatic rings. The number of hydrogen-bond donors (Lipinski definition) is 0. The van der Waals surface area contributed by atoms with E-state index < -0.39 is 0 Å². The topological polar surface area (TPSA) is 0 Å². The molecule has 0 heterocycles. The third-order valence-electron chi connectivity index (χ3n) is 2.96. The van der Waals surface area contributed by atoms with E-state index in [1.807, 2.05) is 0 Å². The Kier molecular flexibility index (Phi) is 6.51. The van der Waals surface area contributed by atoms with Crippen molar-refractivity contribution in [1.29, 1.82) is 0 Å². The SMILES string of the molecule is CCC.CCC1CC(C)C(C)C1. The lowest BCUT2D eigenvalue weighted by atomic mass is 10.0. The number of hydrogen-bond acceptors (Lipinski definition) is 0. The van der Waals surface area contributed by atoms with E-state index in [4.69, 9.17) is 0 Å². The maximum absolute atomic E-state index is 2.39. The first kappa shape index (κ1) is 12.0. The van der Waals surface area contributed by atoms with Gasteiger partial charge in [-0.2, -0.15) is 0 Å². The van der Waals surface area contributed by atoms with Gasteiger partial charge in [-0.3, -0.25) is 0 Å². The average Bonchev–Trinajstić information content (AvgIpc) is 2.33. The third kappa shape index (κ3) is 4.13. The molecule has 1 aliphatic rings. The van der Waals surface area contributed by atoms with Crippen LogP contribution in [0, 0.1) is 17.8 Å². The molecule has 74 valence electrons. The van der Waals surface area contributed by atoms with Crippen molar-refractivity contribution in [3.63, 3.8) is 0 Å². The van der Waals surface area contributed by atoms with Gasteiger partial charge < -0.3 is 0 Å². The van der Waals surface area contributed by atoms with Crippen molar-refractivity contribution in [3.8, 4) is 0 Å². The summed E-state index contributed by atoms with van der Waals surface area (Å²) in [4.78, 5) is 0. The summed E-state index contributed by atoms with van der Waals surface area (Å²) in [5.74, 6) is 3.04. The summed E-state index contributed by atoms with van der Waals surface area (Å²) in [6, 6.07) is 0. The van der Waals surface area contributed by atoms with Gasteiger partial charge in [0.25, 0.3) is 0 Å². The van der Waals surface area contributed by atoms with Crippen molar-refractivity contribution in [2.24, 2.45) is 17.8 Å². The molecule has 0 spiro atoms. The fourth-order valence-corrected chi connectivity index (χ4v) is 1.95. The Labute approximate surface area is 78.8 Å². The van der Waals surface area contributed by atoms with Crippen LogP contribution in [0.25, 0.3) is 0 Å². The highest BCUT2D eigenvalue weighted by Crippen LogP contribution is 2.36. The van der Waals surface area contributed by atoms with Crippen molar-refractivity contribution in [2.75, 3.05) is 0 Å². The summed E-state index contributed by atoms with van der Waals surface area (Å²) in [6.45, 7) is 11.3. The molecule has 0 nitrogen and oxygen atoms in total. The zero-order chi connectivity index (χ0) is 9.56. The molecule has 0 amide bonds. The Morgan fingerprint density at radius 2 is 1.25 bits per heavy atom. The molecule has 1 rings (SSSR count). The molecule has 0 N–H and O–H groups in total. The van der Waals surface area contributed by atoms with E-state index >= 15 is 0 Å². The monoisotopic (exact) mass is 170 g/mol. The fourth-order valence-electron chi connectivity index (χ4n) is 1.95. The molecule has 0 aromatic carbocycles. The van der Waals surface area contributed by atoms with Crippen molar-refractivity contribution >= 4 is 0 Å². The minimum absolute atomic E-state index is 0.995. The van der Waals surface area contributed by atoms with E-state index in [2.05, 4.69) is 34.6 Å². The van der Waals surface area contributed by atoms with Gasteiger partial charge in [-0.25, -0.2) is 0 Å². The van der Waals surface area contributed by atoms with Crippen LogP contribution in [0.3, 0.4) is 0 Å². The highest BCUT2D eigenvalue weighted by molar-refractivity contribution is 4.76. The standard InChI is InChI=1S/C9H18.C3H8/c1-4-9-5-7(2)8(3)6-9;1-3-2/h7-9H,4-6H2,1-3H3;3H2,1-2H3. The van der Waals surface area contributed by atoms with Crippen molar-refractivity contribution in [2.45, 2.75) is 60.3 Å². The van der Waals surface area contributed by atoms with Gasteiger partial charge in [0.1, 0.15) is 0 Å². The van der Waals surface area contributed by atoms with Gasteiger partial charge in [-0.15, -0.1) is 0 Å². The van der Waals surface area contributed by atoms with Crippen LogP contribution in [-0.4, -0.2) is 0 Å². The molecular weight excluding hydrogens is 144 g/mol. The highest BCUT2D eigenvalue weighted by atomic mass is 14.3. The second-order valence-electron chi connectivity index (χ2n) is 4.41. The van der Waals surface area contributed by atoms with Crippen LogP contribution in [0.15, 0.2) is 0 Å². The van der Waals surface area contributed by atoms with E-state index in [9.17, 15) is 0 Å². The molecule has 1 fully saturated rings. The Balaban J connectivity index is 0.000000354. The van der Waals surface area contributed by atoms with Gasteiger partial charge >= 0.3 is 0 Å². The lowest BCUT2D eigenvalue weighted by Gasteiger charge is -2.04. The molecule has 0 heteroatoms. The van der Waals surface area contributed by atoms with Gasteiger partial charge in [-0.1, -0.05) is 47.5 Å². The quantitative estimate of drug-likeness (QED) is 0.543. The van der Waals surface area contributed by atoms with Crippen molar-refractivity contribution in [3.05, 3.63) is 0 Å². The van der Waals surface area contributed by atoms with E-state index in [0.717, 1.165) is 17.8 Å². The smallest absolute Gasteiger partial charge is 0.0412 e. The summed E-state index contributed by atoms with van der Waals surface area (Å²) < 4.78 is 0. The minimum atomic E-state index is 0.995. The molecule has 1 aliphatic carbocycles. The molecule has 0 saturated heterocycles. The Bertz CT molecular complexity index is 86.2. The lowest BCUT2D eigenvalue weighted by molar-refractivity contribution is 0.457. The van der Waals surface area contributed by atoms with Crippen LogP contribution in [0.4, 0.5) is 0 Å². The molecule has 2 atom stereocenters. The summed E-state index contributed by atoms with van der Waals surface area (Å²) in [6.07, 6.45) is 5.62. The average molecular weight is 170 g/mol. The first-order chi connectivity index (χ1) is 5.65. The zero-order valence-corrected chi connectivity index (χ0v) is 9.56. The minimum Gasteiger partial charge on any atom is -0.0656 e. The molecule has 0 bridgehead atoms. The molecule has 0 aliphatic heterocycles. The molecule has 0 radical (unpaired) electrons. The molecule has 1 saturated carbocycles. The van der Waals surface area contributed by atoms with Crippen LogP contribution in [0.1, 0.15) is 60.3 Å².